The molecule has 7 nitrogen and oxygen atoms in total. The van der Waals surface area contributed by atoms with Crippen LogP contribution in [0.2, 0.25) is 0 Å². The van der Waals surface area contributed by atoms with Crippen molar-refractivity contribution in [3.63, 3.8) is 0 Å². The molecule has 0 spiro atoms. The maximum Gasteiger partial charge on any atom is 0.337 e. The number of hydrogen-bond donors (Lipinski definition) is 2. The number of urea groups is 1. The molecule has 1 aliphatic heterocycles. The molecule has 2 N–H and O–H groups in total. The first-order valence-corrected chi connectivity index (χ1v) is 6.59. The number of carbonyl (C=O) groups excluding carboxylic acids is 2. The van der Waals surface area contributed by atoms with Gasteiger partial charge in [0.25, 0.3) is 0 Å². The van der Waals surface area contributed by atoms with Crippen LogP contribution in [0.15, 0.2) is 29.5 Å². The van der Waals surface area contributed by atoms with Gasteiger partial charge >= 0.3 is 12.0 Å². The van der Waals surface area contributed by atoms with E-state index in [9.17, 15) is 9.59 Å². The van der Waals surface area contributed by atoms with E-state index in [1.165, 1.54) is 21.3 Å². The highest BCUT2D eigenvalue weighted by Gasteiger charge is 2.32. The summed E-state index contributed by atoms with van der Waals surface area (Å²) in [5.74, 6) is 0.602. The maximum absolute atomic E-state index is 12.0. The average molecular weight is 306 g/mol. The standard InChI is InChI=1S/C15H18N2O5/c1-8-12(14(18)22-4)13(17-15(19)16-8)9-5-10(20-2)7-11(6-9)21-3/h5-7,13H,1-4H3,(H2,16,17,19)/t13-/m0/s1. The summed E-state index contributed by atoms with van der Waals surface area (Å²) >= 11 is 0. The third-order valence-corrected chi connectivity index (χ3v) is 3.38. The monoisotopic (exact) mass is 306 g/mol. The smallest absolute Gasteiger partial charge is 0.337 e. The molecule has 0 fully saturated rings. The first-order chi connectivity index (χ1) is 10.5. The summed E-state index contributed by atoms with van der Waals surface area (Å²) in [7, 11) is 4.35. The van der Waals surface area contributed by atoms with Crippen LogP contribution in [0.1, 0.15) is 18.5 Å². The van der Waals surface area contributed by atoms with Crippen LogP contribution in [0.5, 0.6) is 11.5 Å². The number of benzene rings is 1. The molecular formula is C15H18N2O5. The summed E-state index contributed by atoms with van der Waals surface area (Å²) in [4.78, 5) is 23.8. The molecule has 2 amide bonds. The van der Waals surface area contributed by atoms with Crippen molar-refractivity contribution in [1.82, 2.24) is 10.6 Å². The summed E-state index contributed by atoms with van der Waals surface area (Å²) in [6.07, 6.45) is 0. The minimum atomic E-state index is -0.648. The Kier molecular flexibility index (Phi) is 4.55. The number of amides is 2. The highest BCUT2D eigenvalue weighted by atomic mass is 16.5. The van der Waals surface area contributed by atoms with Crippen molar-refractivity contribution in [2.24, 2.45) is 0 Å². The van der Waals surface area contributed by atoms with Crippen LogP contribution in [0.3, 0.4) is 0 Å². The van der Waals surface area contributed by atoms with Crippen molar-refractivity contribution in [3.8, 4) is 11.5 Å². The van der Waals surface area contributed by atoms with Crippen LogP contribution in [-0.4, -0.2) is 33.3 Å². The lowest BCUT2D eigenvalue weighted by molar-refractivity contribution is -0.136. The normalized spacial score (nSPS) is 17.5. The second-order valence-corrected chi connectivity index (χ2v) is 4.71. The van der Waals surface area contributed by atoms with Crippen molar-refractivity contribution in [3.05, 3.63) is 35.0 Å². The minimum Gasteiger partial charge on any atom is -0.497 e. The highest BCUT2D eigenvalue weighted by Crippen LogP contribution is 2.32. The molecule has 118 valence electrons. The van der Waals surface area contributed by atoms with Gasteiger partial charge in [-0.2, -0.15) is 0 Å². The molecule has 0 aliphatic carbocycles. The number of ether oxygens (including phenoxy) is 3. The van der Waals surface area contributed by atoms with E-state index in [4.69, 9.17) is 14.2 Å². The molecule has 1 aromatic rings. The van der Waals surface area contributed by atoms with Gasteiger partial charge in [-0.05, 0) is 24.6 Å². The van der Waals surface area contributed by atoms with Gasteiger partial charge in [-0.3, -0.25) is 0 Å². The second-order valence-electron chi connectivity index (χ2n) is 4.71. The van der Waals surface area contributed by atoms with E-state index in [1.54, 1.807) is 25.1 Å². The summed E-state index contributed by atoms with van der Waals surface area (Å²) in [6.45, 7) is 1.65. The zero-order valence-electron chi connectivity index (χ0n) is 12.9. The van der Waals surface area contributed by atoms with Crippen molar-refractivity contribution >= 4 is 12.0 Å². The Hall–Kier alpha value is -2.70. The van der Waals surface area contributed by atoms with Gasteiger partial charge in [0.1, 0.15) is 11.5 Å². The quantitative estimate of drug-likeness (QED) is 0.823. The molecule has 1 atom stereocenters. The van der Waals surface area contributed by atoms with E-state index in [-0.39, 0.29) is 0 Å². The molecule has 0 aromatic heterocycles. The Morgan fingerprint density at radius 1 is 1.09 bits per heavy atom. The minimum absolute atomic E-state index is 0.331. The molecular weight excluding hydrogens is 288 g/mol. The molecule has 1 aliphatic rings. The number of nitrogens with one attached hydrogen (secondary N) is 2. The second kappa shape index (κ2) is 6.38. The fourth-order valence-electron chi connectivity index (χ4n) is 2.32. The number of esters is 1. The van der Waals surface area contributed by atoms with Crippen LogP contribution < -0.4 is 20.1 Å². The van der Waals surface area contributed by atoms with Crippen LogP contribution >= 0.6 is 0 Å². The molecule has 0 saturated carbocycles. The van der Waals surface area contributed by atoms with E-state index >= 15 is 0 Å². The zero-order chi connectivity index (χ0) is 16.3. The summed E-state index contributed by atoms with van der Waals surface area (Å²) in [5.41, 5.74) is 1.44. The molecule has 0 unspecified atom stereocenters. The molecule has 2 rings (SSSR count). The van der Waals surface area contributed by atoms with Gasteiger partial charge in [0.15, 0.2) is 0 Å². The highest BCUT2D eigenvalue weighted by molar-refractivity contribution is 5.95. The molecule has 22 heavy (non-hydrogen) atoms. The van der Waals surface area contributed by atoms with E-state index in [1.807, 2.05) is 0 Å². The number of rotatable bonds is 4. The Morgan fingerprint density at radius 3 is 2.18 bits per heavy atom. The lowest BCUT2D eigenvalue weighted by atomic mass is 9.95. The van der Waals surface area contributed by atoms with E-state index < -0.39 is 18.0 Å². The van der Waals surface area contributed by atoms with Crippen molar-refractivity contribution < 1.29 is 23.8 Å². The third-order valence-electron chi connectivity index (χ3n) is 3.38. The first kappa shape index (κ1) is 15.7. The van der Waals surface area contributed by atoms with Gasteiger partial charge in [0, 0.05) is 11.8 Å². The Bertz CT molecular complexity index is 617. The number of hydrogen-bond acceptors (Lipinski definition) is 5. The maximum atomic E-state index is 12.0. The van der Waals surface area contributed by atoms with Crippen LogP contribution in [0, 0.1) is 0 Å². The number of carbonyl (C=O) groups is 2. The van der Waals surface area contributed by atoms with E-state index in [0.29, 0.717) is 28.3 Å². The Morgan fingerprint density at radius 2 is 1.68 bits per heavy atom. The summed E-state index contributed by atoms with van der Waals surface area (Å²) in [5, 5.41) is 5.28. The SMILES string of the molecule is COC(=O)C1=C(C)NC(=O)N[C@H]1c1cc(OC)cc(OC)c1. The number of allylic oxidation sites excluding steroid dienone is 1. The van der Waals surface area contributed by atoms with E-state index in [0.717, 1.165) is 0 Å². The topological polar surface area (TPSA) is 85.9 Å². The van der Waals surface area contributed by atoms with Gasteiger partial charge in [0.05, 0.1) is 32.9 Å². The molecule has 1 heterocycles. The average Bonchev–Trinajstić information content (AvgIpc) is 2.52. The molecule has 7 heteroatoms. The summed E-state index contributed by atoms with van der Waals surface area (Å²) < 4.78 is 15.3. The Balaban J connectivity index is 2.54. The van der Waals surface area contributed by atoms with Crippen molar-refractivity contribution in [2.45, 2.75) is 13.0 Å². The van der Waals surface area contributed by atoms with Crippen LogP contribution in [0.25, 0.3) is 0 Å². The molecule has 0 radical (unpaired) electrons. The lowest BCUT2D eigenvalue weighted by Gasteiger charge is -2.28. The van der Waals surface area contributed by atoms with Gasteiger partial charge in [-0.15, -0.1) is 0 Å². The largest absolute Gasteiger partial charge is 0.497 e. The van der Waals surface area contributed by atoms with Crippen molar-refractivity contribution in [2.75, 3.05) is 21.3 Å². The fraction of sp³-hybridized carbons (Fsp3) is 0.333. The molecule has 0 saturated heterocycles. The van der Waals surface area contributed by atoms with Crippen molar-refractivity contribution in [1.29, 1.82) is 0 Å². The predicted molar refractivity (Wildman–Crippen MR) is 78.7 cm³/mol. The lowest BCUT2D eigenvalue weighted by Crippen LogP contribution is -2.45. The van der Waals surface area contributed by atoms with Crippen LogP contribution in [-0.2, 0) is 9.53 Å². The van der Waals surface area contributed by atoms with Gasteiger partial charge < -0.3 is 24.8 Å². The fourth-order valence-corrected chi connectivity index (χ4v) is 2.32. The molecule has 0 bridgehead atoms. The van der Waals surface area contributed by atoms with Gasteiger partial charge in [-0.1, -0.05) is 0 Å². The zero-order valence-corrected chi connectivity index (χ0v) is 12.9. The third kappa shape index (κ3) is 2.98. The Labute approximate surface area is 128 Å². The number of methoxy groups -OCH3 is 3. The first-order valence-electron chi connectivity index (χ1n) is 6.59. The van der Waals surface area contributed by atoms with Crippen LogP contribution in [0.4, 0.5) is 4.79 Å². The van der Waals surface area contributed by atoms with E-state index in [2.05, 4.69) is 10.6 Å². The van der Waals surface area contributed by atoms with Gasteiger partial charge in [0.2, 0.25) is 0 Å². The predicted octanol–water partition coefficient (Wildman–Crippen LogP) is 1.50. The molecule has 1 aromatic carbocycles. The van der Waals surface area contributed by atoms with Gasteiger partial charge in [-0.25, -0.2) is 9.59 Å². The summed E-state index contributed by atoms with van der Waals surface area (Å²) in [6, 6.07) is 4.13.